The molecule has 0 heterocycles. The number of methoxy groups -OCH3 is 1. The lowest BCUT2D eigenvalue weighted by Crippen LogP contribution is -2.24. The zero-order chi connectivity index (χ0) is 10.7. The Hall–Kier alpha value is -1.13. The Morgan fingerprint density at radius 3 is 2.64 bits per heavy atom. The molecule has 0 saturated heterocycles. The van der Waals surface area contributed by atoms with Crippen LogP contribution in [0.15, 0.2) is 18.2 Å². The molecule has 0 fully saturated rings. The van der Waals surface area contributed by atoms with Crippen LogP contribution in [0.4, 0.5) is 4.39 Å². The predicted octanol–water partition coefficient (Wildman–Crippen LogP) is 1.21. The highest BCUT2D eigenvalue weighted by Gasteiger charge is 2.18. The van der Waals surface area contributed by atoms with Crippen molar-refractivity contribution in [2.75, 3.05) is 7.11 Å². The second-order valence-corrected chi connectivity index (χ2v) is 3.13. The molecular formula is C10H14FNO2. The molecule has 0 aliphatic rings. The van der Waals surface area contributed by atoms with Crippen LogP contribution in [-0.4, -0.2) is 18.3 Å². The van der Waals surface area contributed by atoms with Crippen LogP contribution in [0.2, 0.25) is 0 Å². The van der Waals surface area contributed by atoms with E-state index in [-0.39, 0.29) is 11.3 Å². The molecule has 0 amide bonds. The predicted molar refractivity (Wildman–Crippen MR) is 51.6 cm³/mol. The number of halogens is 1. The third kappa shape index (κ3) is 2.02. The molecule has 4 heteroatoms. The van der Waals surface area contributed by atoms with Crippen LogP contribution in [0, 0.1) is 5.82 Å². The van der Waals surface area contributed by atoms with Crippen LogP contribution in [-0.2, 0) is 0 Å². The van der Waals surface area contributed by atoms with Crippen molar-refractivity contribution in [3.63, 3.8) is 0 Å². The van der Waals surface area contributed by atoms with Crippen LogP contribution in [0.5, 0.6) is 5.75 Å². The lowest BCUT2D eigenvalue weighted by atomic mass is 10.0. The SMILES string of the molecule is COc1cccc(C(N)C(C)O)c1F. The number of aliphatic hydroxyl groups is 1. The minimum absolute atomic E-state index is 0.138. The van der Waals surface area contributed by atoms with Gasteiger partial charge in [0.15, 0.2) is 11.6 Å². The fourth-order valence-electron chi connectivity index (χ4n) is 1.20. The molecule has 1 aromatic carbocycles. The molecule has 0 aromatic heterocycles. The zero-order valence-electron chi connectivity index (χ0n) is 8.20. The molecule has 78 valence electrons. The Morgan fingerprint density at radius 2 is 2.14 bits per heavy atom. The summed E-state index contributed by atoms with van der Waals surface area (Å²) in [6.07, 6.45) is -0.795. The van der Waals surface area contributed by atoms with Crippen molar-refractivity contribution in [1.82, 2.24) is 0 Å². The van der Waals surface area contributed by atoms with E-state index in [0.29, 0.717) is 0 Å². The molecule has 0 aliphatic carbocycles. The monoisotopic (exact) mass is 199 g/mol. The number of hydrogen-bond acceptors (Lipinski definition) is 3. The molecular weight excluding hydrogens is 185 g/mol. The molecule has 1 aromatic rings. The van der Waals surface area contributed by atoms with Gasteiger partial charge in [0.05, 0.1) is 19.3 Å². The van der Waals surface area contributed by atoms with Crippen LogP contribution in [0.25, 0.3) is 0 Å². The van der Waals surface area contributed by atoms with E-state index in [1.54, 1.807) is 6.07 Å². The van der Waals surface area contributed by atoms with Crippen molar-refractivity contribution in [3.05, 3.63) is 29.6 Å². The average Bonchev–Trinajstić information content (AvgIpc) is 2.17. The Morgan fingerprint density at radius 1 is 1.50 bits per heavy atom. The Balaban J connectivity index is 3.09. The number of hydrogen-bond donors (Lipinski definition) is 2. The van der Waals surface area contributed by atoms with Gasteiger partial charge in [-0.2, -0.15) is 0 Å². The highest BCUT2D eigenvalue weighted by molar-refractivity contribution is 5.33. The molecule has 0 spiro atoms. The Labute approximate surface area is 82.3 Å². The van der Waals surface area contributed by atoms with Gasteiger partial charge in [-0.25, -0.2) is 4.39 Å². The summed E-state index contributed by atoms with van der Waals surface area (Å²) in [6, 6.07) is 3.95. The first-order chi connectivity index (χ1) is 6.57. The van der Waals surface area contributed by atoms with Crippen molar-refractivity contribution < 1.29 is 14.2 Å². The minimum Gasteiger partial charge on any atom is -0.494 e. The summed E-state index contributed by atoms with van der Waals surface area (Å²) >= 11 is 0. The van der Waals surface area contributed by atoms with E-state index in [1.807, 2.05) is 0 Å². The molecule has 0 aliphatic heterocycles. The van der Waals surface area contributed by atoms with Crippen molar-refractivity contribution in [1.29, 1.82) is 0 Å². The van der Waals surface area contributed by atoms with Crippen molar-refractivity contribution in [2.45, 2.75) is 19.1 Å². The van der Waals surface area contributed by atoms with E-state index in [0.717, 1.165) is 0 Å². The molecule has 2 unspecified atom stereocenters. The van der Waals surface area contributed by atoms with E-state index >= 15 is 0 Å². The molecule has 0 bridgehead atoms. The third-order valence-electron chi connectivity index (χ3n) is 2.09. The van der Waals surface area contributed by atoms with Crippen LogP contribution < -0.4 is 10.5 Å². The van der Waals surface area contributed by atoms with Crippen LogP contribution in [0.1, 0.15) is 18.5 Å². The number of nitrogens with two attached hydrogens (primary N) is 1. The summed E-state index contributed by atoms with van der Waals surface area (Å²) in [6.45, 7) is 1.52. The standard InChI is InChI=1S/C10H14FNO2/c1-6(13)10(12)7-4-3-5-8(14-2)9(7)11/h3-6,10,13H,12H2,1-2H3. The molecule has 0 radical (unpaired) electrons. The number of benzene rings is 1. The number of ether oxygens (including phenoxy) is 1. The summed E-state index contributed by atoms with van der Waals surface area (Å²) in [5, 5.41) is 9.23. The first-order valence-electron chi connectivity index (χ1n) is 4.34. The summed E-state index contributed by atoms with van der Waals surface area (Å²) in [5.41, 5.74) is 5.88. The van der Waals surface area contributed by atoms with Crippen molar-refractivity contribution in [3.8, 4) is 5.75 Å². The lowest BCUT2D eigenvalue weighted by Gasteiger charge is -2.16. The van der Waals surface area contributed by atoms with Crippen LogP contribution >= 0.6 is 0 Å². The van der Waals surface area contributed by atoms with Gasteiger partial charge in [-0.05, 0) is 13.0 Å². The first-order valence-corrected chi connectivity index (χ1v) is 4.34. The summed E-state index contributed by atoms with van der Waals surface area (Å²) in [7, 11) is 1.39. The molecule has 14 heavy (non-hydrogen) atoms. The van der Waals surface area contributed by atoms with E-state index < -0.39 is 18.0 Å². The topological polar surface area (TPSA) is 55.5 Å². The second-order valence-electron chi connectivity index (χ2n) is 3.13. The van der Waals surface area contributed by atoms with E-state index in [2.05, 4.69) is 0 Å². The largest absolute Gasteiger partial charge is 0.494 e. The molecule has 3 nitrogen and oxygen atoms in total. The maximum absolute atomic E-state index is 13.6. The van der Waals surface area contributed by atoms with Gasteiger partial charge in [0.2, 0.25) is 0 Å². The van der Waals surface area contributed by atoms with Gasteiger partial charge in [-0.3, -0.25) is 0 Å². The number of aliphatic hydroxyl groups excluding tert-OH is 1. The zero-order valence-corrected chi connectivity index (χ0v) is 8.20. The van der Waals surface area contributed by atoms with Gasteiger partial charge < -0.3 is 15.6 Å². The van der Waals surface area contributed by atoms with Crippen molar-refractivity contribution >= 4 is 0 Å². The number of rotatable bonds is 3. The molecule has 2 atom stereocenters. The van der Waals surface area contributed by atoms with Gasteiger partial charge in [0, 0.05) is 5.56 Å². The van der Waals surface area contributed by atoms with Gasteiger partial charge in [-0.1, -0.05) is 12.1 Å². The summed E-state index contributed by atoms with van der Waals surface area (Å²) in [4.78, 5) is 0. The average molecular weight is 199 g/mol. The van der Waals surface area contributed by atoms with Gasteiger partial charge >= 0.3 is 0 Å². The maximum Gasteiger partial charge on any atom is 0.169 e. The first kappa shape index (κ1) is 10.9. The smallest absolute Gasteiger partial charge is 0.169 e. The maximum atomic E-state index is 13.6. The second kappa shape index (κ2) is 4.39. The Bertz CT molecular complexity index is 315. The summed E-state index contributed by atoms with van der Waals surface area (Å²) in [5.74, 6) is -0.373. The lowest BCUT2D eigenvalue weighted by molar-refractivity contribution is 0.162. The summed E-state index contributed by atoms with van der Waals surface area (Å²) < 4.78 is 18.4. The quantitative estimate of drug-likeness (QED) is 0.769. The Kier molecular flexibility index (Phi) is 3.43. The highest BCUT2D eigenvalue weighted by Crippen LogP contribution is 2.25. The normalized spacial score (nSPS) is 14.9. The molecule has 1 rings (SSSR count). The van der Waals surface area contributed by atoms with Gasteiger partial charge in [0.25, 0.3) is 0 Å². The molecule has 0 saturated carbocycles. The molecule has 3 N–H and O–H groups in total. The fraction of sp³-hybridized carbons (Fsp3) is 0.400. The highest BCUT2D eigenvalue weighted by atomic mass is 19.1. The van der Waals surface area contributed by atoms with Crippen molar-refractivity contribution in [2.24, 2.45) is 5.73 Å². The van der Waals surface area contributed by atoms with E-state index in [9.17, 15) is 9.50 Å². The fourth-order valence-corrected chi connectivity index (χ4v) is 1.20. The van der Waals surface area contributed by atoms with E-state index in [1.165, 1.54) is 26.2 Å². The minimum atomic E-state index is -0.795. The third-order valence-corrected chi connectivity index (χ3v) is 2.09. The van der Waals surface area contributed by atoms with Gasteiger partial charge in [0.1, 0.15) is 0 Å². The van der Waals surface area contributed by atoms with Gasteiger partial charge in [-0.15, -0.1) is 0 Å². The van der Waals surface area contributed by atoms with Crippen LogP contribution in [0.3, 0.4) is 0 Å². The van der Waals surface area contributed by atoms with E-state index in [4.69, 9.17) is 10.5 Å².